The molecule has 1 N–H and O–H groups in total. The first-order chi connectivity index (χ1) is 9.74. The van der Waals surface area contributed by atoms with Gasteiger partial charge in [0.05, 0.1) is 0 Å². The van der Waals surface area contributed by atoms with Crippen molar-refractivity contribution in [1.29, 1.82) is 0 Å². The summed E-state index contributed by atoms with van der Waals surface area (Å²) in [5.74, 6) is 0.0338. The Balaban J connectivity index is 2.10. The van der Waals surface area contributed by atoms with Crippen molar-refractivity contribution in [3.63, 3.8) is 0 Å². The molecule has 1 aromatic carbocycles. The minimum absolute atomic E-state index is 0.0338. The fourth-order valence-electron chi connectivity index (χ4n) is 2.16. The number of rotatable bonds is 3. The zero-order valence-corrected chi connectivity index (χ0v) is 11.1. The number of aromatic nitrogens is 2. The van der Waals surface area contributed by atoms with Crippen molar-refractivity contribution >= 4 is 22.9 Å². The first-order valence-electron chi connectivity index (χ1n) is 6.45. The minimum Gasteiger partial charge on any atom is -0.346 e. The molecule has 20 heavy (non-hydrogen) atoms. The summed E-state index contributed by atoms with van der Waals surface area (Å²) in [4.78, 5) is 18.6. The third-order valence-corrected chi connectivity index (χ3v) is 3.17. The third-order valence-electron chi connectivity index (χ3n) is 3.17. The van der Waals surface area contributed by atoms with Gasteiger partial charge in [-0.05, 0) is 30.7 Å². The van der Waals surface area contributed by atoms with Crippen LogP contribution in [0.2, 0.25) is 0 Å². The predicted octanol–water partition coefficient (Wildman–Crippen LogP) is 3.83. The molecule has 0 aliphatic heterocycles. The van der Waals surface area contributed by atoms with Crippen molar-refractivity contribution in [3.8, 4) is 11.1 Å². The summed E-state index contributed by atoms with van der Waals surface area (Å²) in [7, 11) is 0. The number of carbonyl (C=O) groups is 1. The van der Waals surface area contributed by atoms with Gasteiger partial charge >= 0.3 is 0 Å². The lowest BCUT2D eigenvalue weighted by atomic mass is 10.1. The van der Waals surface area contributed by atoms with E-state index < -0.39 is 0 Å². The van der Waals surface area contributed by atoms with E-state index in [0.29, 0.717) is 0 Å². The summed E-state index contributed by atoms with van der Waals surface area (Å²) in [5.41, 5.74) is 3.99. The minimum atomic E-state index is 0.0338. The quantitative estimate of drug-likeness (QED) is 0.729. The lowest BCUT2D eigenvalue weighted by Gasteiger charge is -2.01. The highest BCUT2D eigenvalue weighted by Gasteiger charge is 2.05. The average Bonchev–Trinajstić information content (AvgIpc) is 2.88. The van der Waals surface area contributed by atoms with Crippen LogP contribution in [0.3, 0.4) is 0 Å². The Kier molecular flexibility index (Phi) is 3.17. The highest BCUT2D eigenvalue weighted by atomic mass is 16.1. The van der Waals surface area contributed by atoms with Crippen LogP contribution in [0.1, 0.15) is 12.5 Å². The Morgan fingerprint density at radius 3 is 2.75 bits per heavy atom. The molecule has 0 bridgehead atoms. The summed E-state index contributed by atoms with van der Waals surface area (Å²) in [6, 6.07) is 12.2. The van der Waals surface area contributed by atoms with E-state index in [0.717, 1.165) is 27.7 Å². The number of allylic oxidation sites excluding steroid dienone is 1. The van der Waals surface area contributed by atoms with Crippen molar-refractivity contribution in [1.82, 2.24) is 9.97 Å². The lowest BCUT2D eigenvalue weighted by molar-refractivity contribution is -0.112. The molecule has 2 aromatic heterocycles. The SMILES string of the molecule is CC(=O)/C=C/c1c[nH]c2ncc(-c3ccccc3)cc12. The second kappa shape index (κ2) is 5.13. The lowest BCUT2D eigenvalue weighted by Crippen LogP contribution is -1.82. The molecular formula is C17H14N2O. The zero-order chi connectivity index (χ0) is 13.9. The van der Waals surface area contributed by atoms with Gasteiger partial charge in [0.1, 0.15) is 5.65 Å². The highest BCUT2D eigenvalue weighted by molar-refractivity contribution is 5.96. The van der Waals surface area contributed by atoms with Crippen LogP contribution in [0.5, 0.6) is 0 Å². The van der Waals surface area contributed by atoms with Gasteiger partial charge in [-0.25, -0.2) is 4.98 Å². The molecular weight excluding hydrogens is 248 g/mol. The normalized spacial score (nSPS) is 11.2. The molecule has 0 amide bonds. The number of ketones is 1. The number of pyridine rings is 1. The Labute approximate surface area is 117 Å². The molecule has 0 spiro atoms. The van der Waals surface area contributed by atoms with Gasteiger partial charge in [-0.2, -0.15) is 0 Å². The maximum Gasteiger partial charge on any atom is 0.152 e. The average molecular weight is 262 g/mol. The van der Waals surface area contributed by atoms with E-state index in [1.165, 1.54) is 0 Å². The summed E-state index contributed by atoms with van der Waals surface area (Å²) in [6.45, 7) is 1.54. The number of aromatic amines is 1. The Bertz CT molecular complexity index is 785. The van der Waals surface area contributed by atoms with Gasteiger partial charge < -0.3 is 4.98 Å². The number of hydrogen-bond donors (Lipinski definition) is 1. The Hall–Kier alpha value is -2.68. The second-order valence-electron chi connectivity index (χ2n) is 4.67. The molecule has 0 aliphatic carbocycles. The molecule has 3 rings (SSSR count). The van der Waals surface area contributed by atoms with Gasteiger partial charge in [0.25, 0.3) is 0 Å². The molecule has 3 nitrogen and oxygen atoms in total. The van der Waals surface area contributed by atoms with E-state index in [-0.39, 0.29) is 5.78 Å². The largest absolute Gasteiger partial charge is 0.346 e. The van der Waals surface area contributed by atoms with Crippen LogP contribution in [0.4, 0.5) is 0 Å². The van der Waals surface area contributed by atoms with E-state index in [2.05, 4.69) is 28.2 Å². The molecule has 0 saturated heterocycles. The number of H-pyrrole nitrogens is 1. The van der Waals surface area contributed by atoms with E-state index >= 15 is 0 Å². The maximum atomic E-state index is 11.1. The molecule has 0 fully saturated rings. The molecule has 0 unspecified atom stereocenters. The van der Waals surface area contributed by atoms with Crippen LogP contribution in [-0.2, 0) is 4.79 Å². The topological polar surface area (TPSA) is 45.8 Å². The molecule has 3 heteroatoms. The molecule has 98 valence electrons. The van der Waals surface area contributed by atoms with Crippen LogP contribution in [0.25, 0.3) is 28.2 Å². The second-order valence-corrected chi connectivity index (χ2v) is 4.67. The standard InChI is InChI=1S/C17H14N2O/c1-12(20)7-8-14-10-18-17-16(14)9-15(11-19-17)13-5-3-2-4-6-13/h2-11H,1H3,(H,18,19)/b8-7+. The van der Waals surface area contributed by atoms with Crippen LogP contribution in [0, 0.1) is 0 Å². The van der Waals surface area contributed by atoms with E-state index in [9.17, 15) is 4.79 Å². The predicted molar refractivity (Wildman–Crippen MR) is 81.2 cm³/mol. The highest BCUT2D eigenvalue weighted by Crippen LogP contribution is 2.25. The van der Waals surface area contributed by atoms with Crippen molar-refractivity contribution < 1.29 is 4.79 Å². The number of carbonyl (C=O) groups excluding carboxylic acids is 1. The van der Waals surface area contributed by atoms with Gasteiger partial charge in [0, 0.05) is 28.9 Å². The summed E-state index contributed by atoms with van der Waals surface area (Å²) in [5, 5.41) is 1.02. The van der Waals surface area contributed by atoms with Gasteiger partial charge in [-0.1, -0.05) is 30.3 Å². The molecule has 0 radical (unpaired) electrons. The molecule has 0 atom stereocenters. The summed E-state index contributed by atoms with van der Waals surface area (Å²) in [6.07, 6.45) is 7.11. The molecule has 2 heterocycles. The first kappa shape index (κ1) is 12.4. The van der Waals surface area contributed by atoms with E-state index in [4.69, 9.17) is 0 Å². The smallest absolute Gasteiger partial charge is 0.152 e. The number of nitrogens with one attached hydrogen (secondary N) is 1. The summed E-state index contributed by atoms with van der Waals surface area (Å²) >= 11 is 0. The third kappa shape index (κ3) is 2.38. The number of hydrogen-bond acceptors (Lipinski definition) is 2. The van der Waals surface area contributed by atoms with Crippen LogP contribution in [-0.4, -0.2) is 15.8 Å². The van der Waals surface area contributed by atoms with Gasteiger partial charge in [-0.3, -0.25) is 4.79 Å². The van der Waals surface area contributed by atoms with Crippen molar-refractivity contribution in [3.05, 3.63) is 60.4 Å². The Morgan fingerprint density at radius 2 is 2.00 bits per heavy atom. The zero-order valence-electron chi connectivity index (χ0n) is 11.1. The van der Waals surface area contributed by atoms with E-state index in [1.807, 2.05) is 36.7 Å². The summed E-state index contributed by atoms with van der Waals surface area (Å²) < 4.78 is 0. The van der Waals surface area contributed by atoms with Crippen molar-refractivity contribution in [2.75, 3.05) is 0 Å². The van der Waals surface area contributed by atoms with Crippen LogP contribution >= 0.6 is 0 Å². The van der Waals surface area contributed by atoms with Crippen LogP contribution in [0.15, 0.2) is 54.9 Å². The van der Waals surface area contributed by atoms with Gasteiger partial charge in [-0.15, -0.1) is 0 Å². The fraction of sp³-hybridized carbons (Fsp3) is 0.0588. The van der Waals surface area contributed by atoms with Gasteiger partial charge in [0.2, 0.25) is 0 Å². The number of fused-ring (bicyclic) bond motifs is 1. The Morgan fingerprint density at radius 1 is 1.20 bits per heavy atom. The van der Waals surface area contributed by atoms with E-state index in [1.54, 1.807) is 13.0 Å². The van der Waals surface area contributed by atoms with Crippen LogP contribution < -0.4 is 0 Å². The first-order valence-corrected chi connectivity index (χ1v) is 6.45. The van der Waals surface area contributed by atoms with Crippen molar-refractivity contribution in [2.24, 2.45) is 0 Å². The molecule has 3 aromatic rings. The fourth-order valence-corrected chi connectivity index (χ4v) is 2.16. The molecule has 0 aliphatic rings. The maximum absolute atomic E-state index is 11.1. The molecule has 0 saturated carbocycles. The van der Waals surface area contributed by atoms with Crippen molar-refractivity contribution in [2.45, 2.75) is 6.92 Å². The number of nitrogens with zero attached hydrogens (tertiary/aromatic N) is 1. The number of benzene rings is 1. The van der Waals surface area contributed by atoms with Gasteiger partial charge in [0.15, 0.2) is 5.78 Å². The monoisotopic (exact) mass is 262 g/mol.